The van der Waals surface area contributed by atoms with E-state index in [9.17, 15) is 22.8 Å². The minimum Gasteiger partial charge on any atom is -0.382 e. The molecular weight excluding hydrogens is 501 g/mol. The monoisotopic (exact) mass is 518 g/mol. The van der Waals surface area contributed by atoms with E-state index in [1.54, 1.807) is 25.1 Å². The number of carbonyl (C=O) groups is 2. The number of halogens is 4. The van der Waals surface area contributed by atoms with Crippen molar-refractivity contribution in [1.29, 1.82) is 0 Å². The number of alkyl halides is 3. The van der Waals surface area contributed by atoms with Gasteiger partial charge in [0.25, 0.3) is 5.91 Å². The molecule has 0 bridgehead atoms. The van der Waals surface area contributed by atoms with Gasteiger partial charge in [-0.15, -0.1) is 0 Å². The van der Waals surface area contributed by atoms with Crippen molar-refractivity contribution in [3.8, 4) is 11.1 Å². The van der Waals surface area contributed by atoms with Crippen LogP contribution in [0.2, 0.25) is 5.02 Å². The summed E-state index contributed by atoms with van der Waals surface area (Å²) < 4.78 is 39.2. The molecule has 4 aromatic rings. The number of hydrogen-bond donors (Lipinski definition) is 4. The number of fused-ring (bicyclic) bond motifs is 1. The maximum absolute atomic E-state index is 12.7. The van der Waals surface area contributed by atoms with Crippen LogP contribution in [0, 0.1) is 6.92 Å². The number of anilines is 3. The summed E-state index contributed by atoms with van der Waals surface area (Å²) >= 11 is 6.39. The fourth-order valence-electron chi connectivity index (χ4n) is 3.43. The molecule has 5 N–H and O–H groups in total. The van der Waals surface area contributed by atoms with E-state index in [4.69, 9.17) is 17.3 Å². The van der Waals surface area contributed by atoms with Gasteiger partial charge in [-0.2, -0.15) is 18.3 Å². The first-order valence-electron chi connectivity index (χ1n) is 10.3. The SMILES string of the molecule is Cc1cccc(NC(=O)Nc2ccc(-c3c(C(=O)NCC(F)(F)F)cn4ncnc(N)c34)cc2Cl)n1. The van der Waals surface area contributed by atoms with Crippen LogP contribution in [0.3, 0.4) is 0 Å². The molecule has 0 fully saturated rings. The van der Waals surface area contributed by atoms with Gasteiger partial charge < -0.3 is 16.4 Å². The second kappa shape index (κ2) is 9.70. The van der Waals surface area contributed by atoms with Crippen LogP contribution >= 0.6 is 11.6 Å². The van der Waals surface area contributed by atoms with Gasteiger partial charge in [0.15, 0.2) is 5.82 Å². The smallest absolute Gasteiger partial charge is 0.382 e. The number of nitrogens with one attached hydrogen (secondary N) is 3. The second-order valence-corrected chi connectivity index (χ2v) is 8.00. The number of hydrogen-bond acceptors (Lipinski definition) is 6. The van der Waals surface area contributed by atoms with E-state index in [0.29, 0.717) is 17.1 Å². The lowest BCUT2D eigenvalue weighted by Crippen LogP contribution is -2.33. The number of carbonyl (C=O) groups excluding carboxylic acids is 2. The predicted molar refractivity (Wildman–Crippen MR) is 128 cm³/mol. The summed E-state index contributed by atoms with van der Waals surface area (Å²) in [5, 5.41) is 11.1. The third-order valence-electron chi connectivity index (χ3n) is 4.93. The van der Waals surface area contributed by atoms with Crippen LogP contribution < -0.4 is 21.7 Å². The van der Waals surface area contributed by atoms with Crippen LogP contribution in [0.4, 0.5) is 35.3 Å². The zero-order chi connectivity index (χ0) is 26.0. The highest BCUT2D eigenvalue weighted by Crippen LogP contribution is 2.36. The molecule has 186 valence electrons. The zero-order valence-electron chi connectivity index (χ0n) is 18.5. The van der Waals surface area contributed by atoms with Gasteiger partial charge in [-0.3, -0.25) is 10.1 Å². The molecule has 3 aromatic heterocycles. The van der Waals surface area contributed by atoms with E-state index < -0.39 is 24.7 Å². The molecule has 0 aliphatic carbocycles. The van der Waals surface area contributed by atoms with Crippen molar-refractivity contribution in [3.63, 3.8) is 0 Å². The number of aromatic nitrogens is 4. The minimum absolute atomic E-state index is 0.00164. The predicted octanol–water partition coefficient (Wildman–Crippen LogP) is 4.27. The van der Waals surface area contributed by atoms with Gasteiger partial charge in [0.1, 0.15) is 24.2 Å². The highest BCUT2D eigenvalue weighted by Gasteiger charge is 2.29. The Labute approximate surface area is 206 Å². The molecule has 0 saturated carbocycles. The molecule has 1 aromatic carbocycles. The first kappa shape index (κ1) is 24.7. The molecule has 0 atom stereocenters. The Balaban J connectivity index is 1.66. The van der Waals surface area contributed by atoms with Gasteiger partial charge in [0, 0.05) is 17.5 Å². The van der Waals surface area contributed by atoms with Crippen LogP contribution in [0.15, 0.2) is 48.9 Å². The van der Waals surface area contributed by atoms with Crippen LogP contribution in [-0.2, 0) is 0 Å². The number of benzene rings is 1. The largest absolute Gasteiger partial charge is 0.405 e. The third-order valence-corrected chi connectivity index (χ3v) is 5.24. The minimum atomic E-state index is -4.60. The molecule has 36 heavy (non-hydrogen) atoms. The molecular formula is C22H18ClF3N8O2. The Hall–Kier alpha value is -4.39. The molecule has 10 nitrogen and oxygen atoms in total. The lowest BCUT2D eigenvalue weighted by molar-refractivity contribution is -0.123. The number of urea groups is 1. The fraction of sp³-hybridized carbons (Fsp3) is 0.136. The summed E-state index contributed by atoms with van der Waals surface area (Å²) in [5.41, 5.74) is 7.53. The standard InChI is InChI=1S/C22H18ClF3N8O2/c1-11-3-2-4-16(31-11)33-21(36)32-15-6-5-12(7-14(15)23)17-13(20(35)28-9-22(24,25)26)8-34-18(17)19(27)29-10-30-34/h2-8,10H,9H2,1H3,(H,28,35)(H2,27,29,30)(H2,31,32,33,36). The van der Waals surface area contributed by atoms with E-state index >= 15 is 0 Å². The quantitative estimate of drug-likeness (QED) is 0.311. The molecule has 0 aliphatic rings. The normalized spacial score (nSPS) is 11.4. The lowest BCUT2D eigenvalue weighted by atomic mass is 10.0. The first-order valence-corrected chi connectivity index (χ1v) is 10.7. The maximum Gasteiger partial charge on any atom is 0.405 e. The van der Waals surface area contributed by atoms with Crippen molar-refractivity contribution in [2.45, 2.75) is 13.1 Å². The number of aryl methyl sites for hydroxylation is 1. The van der Waals surface area contributed by atoms with E-state index in [2.05, 4.69) is 25.7 Å². The van der Waals surface area contributed by atoms with E-state index in [0.717, 1.165) is 6.33 Å². The number of pyridine rings is 1. The number of nitrogens with zero attached hydrogens (tertiary/aromatic N) is 4. The van der Waals surface area contributed by atoms with Crippen LogP contribution in [0.1, 0.15) is 16.1 Å². The Morgan fingerprint density at radius 2 is 1.94 bits per heavy atom. The number of nitrogens with two attached hydrogens (primary N) is 1. The van der Waals surface area contributed by atoms with Crippen molar-refractivity contribution >= 4 is 46.4 Å². The van der Waals surface area contributed by atoms with E-state index in [1.807, 2.05) is 5.32 Å². The summed E-state index contributed by atoms with van der Waals surface area (Å²) in [5.74, 6) is -0.653. The summed E-state index contributed by atoms with van der Waals surface area (Å²) in [6, 6.07) is 8.97. The number of amides is 3. The Morgan fingerprint density at radius 1 is 1.17 bits per heavy atom. The number of nitrogen functional groups attached to an aromatic ring is 1. The summed E-state index contributed by atoms with van der Waals surface area (Å²) in [6.07, 6.45) is -2.21. The van der Waals surface area contributed by atoms with Crippen LogP contribution in [0.25, 0.3) is 16.6 Å². The molecule has 4 rings (SSSR count). The first-order chi connectivity index (χ1) is 17.0. The fourth-order valence-corrected chi connectivity index (χ4v) is 3.66. The van der Waals surface area contributed by atoms with Gasteiger partial charge in [-0.25, -0.2) is 19.3 Å². The Bertz CT molecular complexity index is 1470. The topological polar surface area (TPSA) is 139 Å². The molecule has 0 saturated heterocycles. The van der Waals surface area contributed by atoms with Crippen molar-refractivity contribution in [3.05, 3.63) is 65.2 Å². The van der Waals surface area contributed by atoms with Crippen LogP contribution in [-0.4, -0.2) is 44.2 Å². The summed E-state index contributed by atoms with van der Waals surface area (Å²) in [4.78, 5) is 33.1. The van der Waals surface area contributed by atoms with Gasteiger partial charge in [0.2, 0.25) is 0 Å². The average molecular weight is 519 g/mol. The van der Waals surface area contributed by atoms with Gasteiger partial charge in [-0.05, 0) is 36.8 Å². The summed E-state index contributed by atoms with van der Waals surface area (Å²) in [7, 11) is 0. The second-order valence-electron chi connectivity index (χ2n) is 7.59. The van der Waals surface area contributed by atoms with E-state index in [-0.39, 0.29) is 33.2 Å². The van der Waals surface area contributed by atoms with Crippen molar-refractivity contribution in [1.82, 2.24) is 24.9 Å². The highest BCUT2D eigenvalue weighted by molar-refractivity contribution is 6.34. The molecule has 0 spiro atoms. The average Bonchev–Trinajstić information content (AvgIpc) is 3.19. The van der Waals surface area contributed by atoms with Crippen molar-refractivity contribution in [2.24, 2.45) is 0 Å². The molecule has 14 heteroatoms. The molecule has 0 radical (unpaired) electrons. The van der Waals surface area contributed by atoms with Crippen LogP contribution in [0.5, 0.6) is 0 Å². The Kier molecular flexibility index (Phi) is 6.66. The third kappa shape index (κ3) is 5.46. The van der Waals surface area contributed by atoms with Gasteiger partial charge in [-0.1, -0.05) is 23.7 Å². The number of rotatable bonds is 5. The maximum atomic E-state index is 12.7. The summed E-state index contributed by atoms with van der Waals surface area (Å²) in [6.45, 7) is 0.257. The lowest BCUT2D eigenvalue weighted by Gasteiger charge is -2.12. The van der Waals surface area contributed by atoms with Crippen molar-refractivity contribution in [2.75, 3.05) is 22.9 Å². The molecule has 3 amide bonds. The molecule has 0 aliphatic heterocycles. The highest BCUT2D eigenvalue weighted by atomic mass is 35.5. The molecule has 0 unspecified atom stereocenters. The Morgan fingerprint density at radius 3 is 2.64 bits per heavy atom. The van der Waals surface area contributed by atoms with E-state index in [1.165, 1.54) is 28.9 Å². The van der Waals surface area contributed by atoms with Gasteiger partial charge in [0.05, 0.1) is 16.3 Å². The van der Waals surface area contributed by atoms with Gasteiger partial charge >= 0.3 is 12.2 Å². The van der Waals surface area contributed by atoms with Crippen molar-refractivity contribution < 1.29 is 22.8 Å². The zero-order valence-corrected chi connectivity index (χ0v) is 19.3. The molecule has 3 heterocycles.